The molecule has 0 aliphatic rings. The number of benzene rings is 1. The van der Waals surface area contributed by atoms with Gasteiger partial charge in [-0.25, -0.2) is 9.78 Å². The summed E-state index contributed by atoms with van der Waals surface area (Å²) in [5, 5.41) is 3.51. The zero-order chi connectivity index (χ0) is 16.8. The Bertz CT molecular complexity index is 717. The average Bonchev–Trinajstić information content (AvgIpc) is 2.83. The van der Waals surface area contributed by atoms with E-state index in [1.807, 2.05) is 16.7 Å². The molecule has 0 bridgehead atoms. The molecular weight excluding hydrogens is 338 g/mol. The van der Waals surface area contributed by atoms with E-state index < -0.39 is 12.0 Å². The highest BCUT2D eigenvalue weighted by atomic mass is 35.5. The molecule has 124 valence electrons. The van der Waals surface area contributed by atoms with Crippen LogP contribution in [-0.2, 0) is 16.1 Å². The fourth-order valence-corrected chi connectivity index (χ4v) is 3.08. The SMILES string of the molecule is CCCn1c(SCC(=O)NC(=O)OCC)nc2cc(Cl)ccc21. The molecule has 23 heavy (non-hydrogen) atoms. The molecule has 0 unspecified atom stereocenters. The standard InChI is InChI=1S/C15H18ClN3O3S/c1-3-7-19-12-6-5-10(16)8-11(12)17-14(19)23-9-13(20)18-15(21)22-4-2/h5-6,8H,3-4,7,9H2,1-2H3,(H,18,20,21). The fraction of sp³-hybridized carbons (Fsp3) is 0.400. The number of carbonyl (C=O) groups excluding carboxylic acids is 2. The van der Waals surface area contributed by atoms with Gasteiger partial charge in [0.2, 0.25) is 5.91 Å². The van der Waals surface area contributed by atoms with Crippen LogP contribution in [0.1, 0.15) is 20.3 Å². The lowest BCUT2D eigenvalue weighted by Crippen LogP contribution is -2.32. The molecule has 1 N–H and O–H groups in total. The number of imidazole rings is 1. The van der Waals surface area contributed by atoms with Crippen molar-refractivity contribution in [2.75, 3.05) is 12.4 Å². The third kappa shape index (κ3) is 4.62. The summed E-state index contributed by atoms with van der Waals surface area (Å²) in [4.78, 5) is 27.5. The van der Waals surface area contributed by atoms with Crippen molar-refractivity contribution in [2.45, 2.75) is 32.0 Å². The Morgan fingerprint density at radius 1 is 1.39 bits per heavy atom. The van der Waals surface area contributed by atoms with Crippen LogP contribution in [0.15, 0.2) is 23.4 Å². The van der Waals surface area contributed by atoms with Crippen LogP contribution in [0.3, 0.4) is 0 Å². The topological polar surface area (TPSA) is 73.2 Å². The molecule has 0 saturated heterocycles. The highest BCUT2D eigenvalue weighted by molar-refractivity contribution is 7.99. The lowest BCUT2D eigenvalue weighted by Gasteiger charge is -2.07. The van der Waals surface area contributed by atoms with E-state index in [0.717, 1.165) is 29.2 Å². The second-order valence-electron chi connectivity index (χ2n) is 4.74. The molecule has 0 atom stereocenters. The van der Waals surface area contributed by atoms with Gasteiger partial charge in [-0.05, 0) is 31.5 Å². The van der Waals surface area contributed by atoms with Gasteiger partial charge < -0.3 is 9.30 Å². The van der Waals surface area contributed by atoms with Gasteiger partial charge in [0.25, 0.3) is 0 Å². The first-order chi connectivity index (χ1) is 11.0. The van der Waals surface area contributed by atoms with Gasteiger partial charge in [0.15, 0.2) is 5.16 Å². The normalized spacial score (nSPS) is 10.7. The van der Waals surface area contributed by atoms with Crippen molar-refractivity contribution < 1.29 is 14.3 Å². The van der Waals surface area contributed by atoms with Crippen molar-refractivity contribution >= 4 is 46.4 Å². The monoisotopic (exact) mass is 355 g/mol. The summed E-state index contributed by atoms with van der Waals surface area (Å²) in [6, 6.07) is 5.54. The van der Waals surface area contributed by atoms with Crippen molar-refractivity contribution in [3.63, 3.8) is 0 Å². The zero-order valence-corrected chi connectivity index (χ0v) is 14.5. The summed E-state index contributed by atoms with van der Waals surface area (Å²) in [5.41, 5.74) is 1.77. The first-order valence-corrected chi connectivity index (χ1v) is 8.66. The number of aryl methyl sites for hydroxylation is 1. The van der Waals surface area contributed by atoms with E-state index >= 15 is 0 Å². The predicted molar refractivity (Wildman–Crippen MR) is 90.9 cm³/mol. The summed E-state index contributed by atoms with van der Waals surface area (Å²) < 4.78 is 6.72. The van der Waals surface area contributed by atoms with Crippen LogP contribution in [0, 0.1) is 0 Å². The summed E-state index contributed by atoms with van der Waals surface area (Å²) in [6.07, 6.45) is 0.211. The molecule has 0 radical (unpaired) electrons. The number of rotatable bonds is 6. The quantitative estimate of drug-likeness (QED) is 0.803. The molecule has 1 aromatic carbocycles. The predicted octanol–water partition coefficient (Wildman–Crippen LogP) is 3.46. The van der Waals surface area contributed by atoms with E-state index in [4.69, 9.17) is 11.6 Å². The van der Waals surface area contributed by atoms with Crippen LogP contribution >= 0.6 is 23.4 Å². The van der Waals surface area contributed by atoms with Crippen LogP contribution in [0.5, 0.6) is 0 Å². The number of hydrogen-bond acceptors (Lipinski definition) is 5. The second-order valence-corrected chi connectivity index (χ2v) is 6.12. The molecule has 2 rings (SSSR count). The van der Waals surface area contributed by atoms with E-state index in [9.17, 15) is 9.59 Å². The Balaban J connectivity index is 2.11. The molecule has 2 aromatic rings. The Labute approximate surface area is 143 Å². The molecule has 0 aliphatic carbocycles. The Morgan fingerprint density at radius 2 is 2.17 bits per heavy atom. The zero-order valence-electron chi connectivity index (χ0n) is 13.0. The molecule has 2 amide bonds. The van der Waals surface area contributed by atoms with Gasteiger partial charge in [-0.1, -0.05) is 30.3 Å². The highest BCUT2D eigenvalue weighted by Crippen LogP contribution is 2.26. The number of nitrogens with one attached hydrogen (secondary N) is 1. The van der Waals surface area contributed by atoms with Gasteiger partial charge in [-0.2, -0.15) is 0 Å². The van der Waals surface area contributed by atoms with Crippen molar-refractivity contribution in [1.82, 2.24) is 14.9 Å². The average molecular weight is 356 g/mol. The Hall–Kier alpha value is -1.73. The minimum Gasteiger partial charge on any atom is -0.450 e. The lowest BCUT2D eigenvalue weighted by molar-refractivity contribution is -0.117. The third-order valence-electron chi connectivity index (χ3n) is 2.97. The van der Waals surface area contributed by atoms with Gasteiger partial charge in [0.1, 0.15) is 0 Å². The number of thioether (sulfide) groups is 1. The molecule has 0 aliphatic heterocycles. The summed E-state index contributed by atoms with van der Waals surface area (Å²) in [5.74, 6) is -0.332. The summed E-state index contributed by atoms with van der Waals surface area (Å²) in [6.45, 7) is 4.76. The minimum absolute atomic E-state index is 0.0829. The summed E-state index contributed by atoms with van der Waals surface area (Å²) >= 11 is 7.28. The smallest absolute Gasteiger partial charge is 0.413 e. The van der Waals surface area contributed by atoms with Gasteiger partial charge in [0, 0.05) is 11.6 Å². The molecule has 0 saturated carbocycles. The number of amides is 2. The highest BCUT2D eigenvalue weighted by Gasteiger charge is 2.14. The molecule has 0 fully saturated rings. The van der Waals surface area contributed by atoms with Crippen LogP contribution in [0.4, 0.5) is 4.79 Å². The number of halogens is 1. The van der Waals surface area contributed by atoms with Crippen LogP contribution < -0.4 is 5.32 Å². The summed E-state index contributed by atoms with van der Waals surface area (Å²) in [7, 11) is 0. The maximum atomic E-state index is 11.7. The molecule has 6 nitrogen and oxygen atoms in total. The maximum absolute atomic E-state index is 11.7. The number of nitrogens with zero attached hydrogens (tertiary/aromatic N) is 2. The number of imide groups is 1. The lowest BCUT2D eigenvalue weighted by atomic mass is 10.3. The first-order valence-electron chi connectivity index (χ1n) is 7.30. The van der Waals surface area contributed by atoms with Crippen molar-refractivity contribution in [2.24, 2.45) is 0 Å². The first kappa shape index (κ1) is 17.6. The van der Waals surface area contributed by atoms with Gasteiger partial charge in [-0.3, -0.25) is 10.1 Å². The minimum atomic E-state index is -0.730. The van der Waals surface area contributed by atoms with E-state index in [1.54, 1.807) is 13.0 Å². The van der Waals surface area contributed by atoms with E-state index in [-0.39, 0.29) is 12.4 Å². The Kier molecular flexibility index (Phi) is 6.29. The fourth-order valence-electron chi connectivity index (χ4n) is 2.08. The number of ether oxygens (including phenoxy) is 1. The molecule has 0 spiro atoms. The maximum Gasteiger partial charge on any atom is 0.413 e. The number of carbonyl (C=O) groups is 2. The third-order valence-corrected chi connectivity index (χ3v) is 4.18. The van der Waals surface area contributed by atoms with E-state index in [0.29, 0.717) is 5.02 Å². The van der Waals surface area contributed by atoms with E-state index in [2.05, 4.69) is 22.0 Å². The molecule has 8 heteroatoms. The number of fused-ring (bicyclic) bond motifs is 1. The molecular formula is C15H18ClN3O3S. The molecule has 1 heterocycles. The molecule has 1 aromatic heterocycles. The van der Waals surface area contributed by atoms with Crippen molar-refractivity contribution in [3.05, 3.63) is 23.2 Å². The number of alkyl carbamates (subject to hydrolysis) is 1. The second kappa shape index (κ2) is 8.21. The number of hydrogen-bond donors (Lipinski definition) is 1. The van der Waals surface area contributed by atoms with Crippen LogP contribution in [0.25, 0.3) is 11.0 Å². The largest absolute Gasteiger partial charge is 0.450 e. The number of aromatic nitrogens is 2. The van der Waals surface area contributed by atoms with Gasteiger partial charge in [-0.15, -0.1) is 0 Å². The van der Waals surface area contributed by atoms with Gasteiger partial charge >= 0.3 is 6.09 Å². The van der Waals surface area contributed by atoms with Crippen molar-refractivity contribution in [1.29, 1.82) is 0 Å². The van der Waals surface area contributed by atoms with Crippen LogP contribution in [-0.4, -0.2) is 33.9 Å². The van der Waals surface area contributed by atoms with Crippen molar-refractivity contribution in [3.8, 4) is 0 Å². The van der Waals surface area contributed by atoms with Crippen LogP contribution in [0.2, 0.25) is 5.02 Å². The van der Waals surface area contributed by atoms with E-state index in [1.165, 1.54) is 11.8 Å². The Morgan fingerprint density at radius 3 is 2.87 bits per heavy atom. The van der Waals surface area contributed by atoms with Gasteiger partial charge in [0.05, 0.1) is 23.4 Å².